The van der Waals surface area contributed by atoms with Crippen LogP contribution in [-0.4, -0.2) is 47.2 Å². The Morgan fingerprint density at radius 1 is 0.825 bits per heavy atom. The van der Waals surface area contributed by atoms with Gasteiger partial charge in [0, 0.05) is 33.7 Å². The molecule has 0 unspecified atom stereocenters. The summed E-state index contributed by atoms with van der Waals surface area (Å²) >= 11 is 0. The number of ether oxygens (including phenoxy) is 3. The fourth-order valence-electron chi connectivity index (χ4n) is 6.26. The number of hydrogen-bond donors (Lipinski definition) is 3. The number of rotatable bonds is 3. The van der Waals surface area contributed by atoms with E-state index in [4.69, 9.17) is 14.2 Å². The predicted molar refractivity (Wildman–Crippen MR) is 148 cm³/mol. The van der Waals surface area contributed by atoms with E-state index in [1.54, 1.807) is 31.2 Å². The summed E-state index contributed by atoms with van der Waals surface area (Å²) < 4.78 is 17.2. The molecule has 1 aliphatic heterocycles. The third-order valence-electron chi connectivity index (χ3n) is 7.91. The van der Waals surface area contributed by atoms with E-state index < -0.39 is 17.7 Å². The monoisotopic (exact) mass is 540 g/mol. The molecule has 1 heterocycles. The van der Waals surface area contributed by atoms with Gasteiger partial charge in [-0.15, -0.1) is 0 Å². The lowest BCUT2D eigenvalue weighted by Crippen LogP contribution is -2.24. The van der Waals surface area contributed by atoms with Crippen molar-refractivity contribution < 1.29 is 39.1 Å². The summed E-state index contributed by atoms with van der Waals surface area (Å²) in [5, 5.41) is 34.8. The second kappa shape index (κ2) is 8.99. The number of methoxy groups -OCH3 is 2. The van der Waals surface area contributed by atoms with Gasteiger partial charge in [0.15, 0.2) is 5.78 Å². The number of hydrogen-bond acceptors (Lipinski definition) is 8. The van der Waals surface area contributed by atoms with E-state index in [2.05, 4.69) is 0 Å². The highest BCUT2D eigenvalue weighted by Crippen LogP contribution is 2.53. The molecule has 0 fully saturated rings. The predicted octanol–water partition coefficient (Wildman–Crippen LogP) is 5.75. The summed E-state index contributed by atoms with van der Waals surface area (Å²) in [6.07, 6.45) is -0.242. The van der Waals surface area contributed by atoms with E-state index in [0.717, 1.165) is 5.56 Å². The summed E-state index contributed by atoms with van der Waals surface area (Å²) in [6.45, 7) is 5.49. The number of carbonyl (C=O) groups is 2. The molecule has 1 aliphatic carbocycles. The van der Waals surface area contributed by atoms with Gasteiger partial charge < -0.3 is 29.5 Å². The van der Waals surface area contributed by atoms with E-state index >= 15 is 0 Å². The van der Waals surface area contributed by atoms with Crippen molar-refractivity contribution >= 4 is 22.3 Å². The fourth-order valence-corrected chi connectivity index (χ4v) is 6.26. The fraction of sp³-hybridized carbons (Fsp3) is 0.250. The van der Waals surface area contributed by atoms with Crippen molar-refractivity contribution in [1.82, 2.24) is 0 Å². The Kier molecular flexibility index (Phi) is 5.78. The summed E-state index contributed by atoms with van der Waals surface area (Å²) in [7, 11) is 3.00. The van der Waals surface area contributed by atoms with Crippen molar-refractivity contribution in [2.45, 2.75) is 39.4 Å². The molecule has 0 saturated carbocycles. The third kappa shape index (κ3) is 3.49. The molecule has 8 heteroatoms. The smallest absolute Gasteiger partial charge is 0.201 e. The molecule has 4 aromatic rings. The number of phenols is 3. The number of aromatic hydroxyl groups is 3. The Bertz CT molecular complexity index is 1780. The lowest BCUT2D eigenvalue weighted by Gasteiger charge is -2.32. The van der Waals surface area contributed by atoms with Crippen LogP contribution < -0.4 is 9.47 Å². The van der Waals surface area contributed by atoms with Crippen LogP contribution in [0.2, 0.25) is 0 Å². The zero-order valence-electron chi connectivity index (χ0n) is 22.7. The number of benzene rings is 4. The van der Waals surface area contributed by atoms with Crippen LogP contribution >= 0.6 is 0 Å². The summed E-state index contributed by atoms with van der Waals surface area (Å²) in [5.41, 5.74) is 2.66. The first-order chi connectivity index (χ1) is 19.1. The van der Waals surface area contributed by atoms with Crippen LogP contribution in [0.5, 0.6) is 28.7 Å². The van der Waals surface area contributed by atoms with Crippen molar-refractivity contribution in [3.63, 3.8) is 0 Å². The molecule has 6 rings (SSSR count). The van der Waals surface area contributed by atoms with Gasteiger partial charge in [0.25, 0.3) is 0 Å². The number of ketones is 2. The first-order valence-electron chi connectivity index (χ1n) is 13.0. The maximum absolute atomic E-state index is 13.7. The molecule has 204 valence electrons. The second-order valence-electron chi connectivity index (χ2n) is 10.4. The zero-order chi connectivity index (χ0) is 28.6. The Morgan fingerprint density at radius 2 is 1.55 bits per heavy atom. The summed E-state index contributed by atoms with van der Waals surface area (Å²) in [4.78, 5) is 27.2. The first kappa shape index (κ1) is 25.7. The molecule has 0 spiro atoms. The van der Waals surface area contributed by atoms with Crippen LogP contribution in [0.15, 0.2) is 36.4 Å². The van der Waals surface area contributed by atoms with Gasteiger partial charge in [0.2, 0.25) is 5.78 Å². The molecule has 0 aromatic heterocycles. The molecular formula is C32H28O8. The van der Waals surface area contributed by atoms with Crippen molar-refractivity contribution in [2.24, 2.45) is 0 Å². The van der Waals surface area contributed by atoms with Crippen LogP contribution in [0, 0.1) is 6.92 Å². The average Bonchev–Trinajstić information content (AvgIpc) is 2.90. The molecule has 0 saturated heterocycles. The molecule has 4 aromatic carbocycles. The van der Waals surface area contributed by atoms with Gasteiger partial charge in [-0.05, 0) is 74.2 Å². The van der Waals surface area contributed by atoms with E-state index in [9.17, 15) is 24.9 Å². The van der Waals surface area contributed by atoms with Gasteiger partial charge in [-0.2, -0.15) is 0 Å². The van der Waals surface area contributed by atoms with Crippen molar-refractivity contribution in [2.75, 3.05) is 14.2 Å². The van der Waals surface area contributed by atoms with Gasteiger partial charge in [-0.25, -0.2) is 0 Å². The second-order valence-corrected chi connectivity index (χ2v) is 10.4. The van der Waals surface area contributed by atoms with Crippen molar-refractivity contribution in [1.29, 1.82) is 0 Å². The van der Waals surface area contributed by atoms with Gasteiger partial charge in [-0.3, -0.25) is 9.59 Å². The summed E-state index contributed by atoms with van der Waals surface area (Å²) in [6, 6.07) is 9.53. The first-order valence-corrected chi connectivity index (χ1v) is 13.0. The normalized spacial score (nSPS) is 17.8. The minimum atomic E-state index is -0.640. The molecule has 0 amide bonds. The minimum Gasteiger partial charge on any atom is -0.507 e. The Hall–Kier alpha value is -4.56. The Labute approximate surface area is 230 Å². The third-order valence-corrected chi connectivity index (χ3v) is 7.91. The highest BCUT2D eigenvalue weighted by molar-refractivity contribution is 6.31. The van der Waals surface area contributed by atoms with Gasteiger partial charge >= 0.3 is 0 Å². The van der Waals surface area contributed by atoms with Gasteiger partial charge in [0.05, 0.1) is 42.9 Å². The Balaban J connectivity index is 1.73. The molecule has 0 radical (unpaired) electrons. The van der Waals surface area contributed by atoms with Crippen LogP contribution in [0.25, 0.3) is 21.9 Å². The van der Waals surface area contributed by atoms with Crippen LogP contribution in [0.4, 0.5) is 0 Å². The van der Waals surface area contributed by atoms with Crippen LogP contribution in [0.1, 0.15) is 68.5 Å². The molecule has 0 bridgehead atoms. The molecule has 8 nitrogen and oxygen atoms in total. The number of fused-ring (bicyclic) bond motifs is 4. The molecule has 2 aliphatic rings. The maximum Gasteiger partial charge on any atom is 0.201 e. The van der Waals surface area contributed by atoms with E-state index in [1.807, 2.05) is 13.8 Å². The van der Waals surface area contributed by atoms with Crippen LogP contribution in [0.3, 0.4) is 0 Å². The summed E-state index contributed by atoms with van der Waals surface area (Å²) in [5.74, 6) is -0.961. The largest absolute Gasteiger partial charge is 0.507 e. The highest BCUT2D eigenvalue weighted by atomic mass is 16.5. The average molecular weight is 541 g/mol. The molecule has 2 atom stereocenters. The van der Waals surface area contributed by atoms with E-state index in [-0.39, 0.29) is 45.6 Å². The van der Waals surface area contributed by atoms with E-state index in [1.165, 1.54) is 26.4 Å². The lowest BCUT2D eigenvalue weighted by atomic mass is 9.78. The SMILES string of the molecule is COc1cc(OC)c2c(O)c3c(c(-c4ccc5c(c4O)C(=O)c4c(O)cc(C)cc4C5=O)c2c1)C[C@H](C)O[C@@H]3C. The topological polar surface area (TPSA) is 123 Å². The molecular weight excluding hydrogens is 512 g/mol. The number of aryl methyl sites for hydroxylation is 1. The quantitative estimate of drug-likeness (QED) is 0.265. The highest BCUT2D eigenvalue weighted by Gasteiger charge is 2.37. The number of phenolic OH excluding ortho intramolecular Hbond substituents is 3. The molecule has 40 heavy (non-hydrogen) atoms. The van der Waals surface area contributed by atoms with Gasteiger partial charge in [0.1, 0.15) is 28.7 Å². The maximum atomic E-state index is 13.7. The Morgan fingerprint density at radius 3 is 2.25 bits per heavy atom. The van der Waals surface area contributed by atoms with Crippen molar-refractivity contribution in [3.8, 4) is 39.9 Å². The lowest BCUT2D eigenvalue weighted by molar-refractivity contribution is -0.00568. The number of carbonyl (C=O) groups excluding carboxylic acids is 2. The minimum absolute atomic E-state index is 0.00516. The van der Waals surface area contributed by atoms with E-state index in [0.29, 0.717) is 50.9 Å². The zero-order valence-corrected chi connectivity index (χ0v) is 22.7. The van der Waals surface area contributed by atoms with Crippen LogP contribution in [-0.2, 0) is 11.2 Å². The van der Waals surface area contributed by atoms with Gasteiger partial charge in [-0.1, -0.05) is 0 Å². The molecule has 3 N–H and O–H groups in total. The van der Waals surface area contributed by atoms with Crippen molar-refractivity contribution in [3.05, 3.63) is 75.3 Å². The standard InChI is InChI=1S/C32H28O8/c1-13-8-21-26(22(33)9-13)32(37)28-18(29(21)34)7-6-17(30(28)35)25-19-10-14(2)40-15(3)24(19)31(36)27-20(25)11-16(38-4)12-23(27)39-5/h6-9,11-12,14-15,33,35-36H,10H2,1-5H3/t14-,15+/m0/s1.